The van der Waals surface area contributed by atoms with E-state index in [4.69, 9.17) is 16.0 Å². The average Bonchev–Trinajstić information content (AvgIpc) is 3.29. The van der Waals surface area contributed by atoms with Gasteiger partial charge in [-0.3, -0.25) is 4.31 Å². The van der Waals surface area contributed by atoms with Crippen LogP contribution in [-0.2, 0) is 16.8 Å². The van der Waals surface area contributed by atoms with Gasteiger partial charge in [-0.2, -0.15) is 33.3 Å². The molecule has 1 aromatic heterocycles. The van der Waals surface area contributed by atoms with Crippen molar-refractivity contribution < 1.29 is 26.0 Å². The van der Waals surface area contributed by atoms with Crippen molar-refractivity contribution >= 4 is 39.3 Å². The predicted molar refractivity (Wildman–Crippen MR) is 120 cm³/mol. The molecule has 0 unspecified atom stereocenters. The van der Waals surface area contributed by atoms with E-state index in [1.165, 1.54) is 22.5 Å². The number of nitrogens with zero attached hydrogens (tertiary/aromatic N) is 4. The minimum atomic E-state index is -3.97. The normalized spacial score (nSPS) is 15.2. The molecule has 3 aromatic rings. The molecule has 0 atom stereocenters. The molecule has 33 heavy (non-hydrogen) atoms. The Balaban J connectivity index is 1.67. The van der Waals surface area contributed by atoms with E-state index in [2.05, 4.69) is 10.2 Å². The standard InChI is InChI=1S/C20H18ClF3N4O3S2/c21-15-2-1-3-16(11-15)28(33(29,30)27-6-8-32-9-7-27)12-14-5-4-13(10-17(14)22)19-25-26-20(31-19)18(23)24/h1-5,10-11,18H,6-9,12H2. The molecule has 0 N–H and O–H groups in total. The van der Waals surface area contributed by atoms with Gasteiger partial charge in [0, 0.05) is 40.7 Å². The highest BCUT2D eigenvalue weighted by Gasteiger charge is 2.32. The maximum atomic E-state index is 15.0. The van der Waals surface area contributed by atoms with Crippen LogP contribution in [-0.4, -0.2) is 47.5 Å². The molecule has 7 nitrogen and oxygen atoms in total. The fourth-order valence-electron chi connectivity index (χ4n) is 3.26. The van der Waals surface area contributed by atoms with Gasteiger partial charge >= 0.3 is 16.6 Å². The first-order valence-corrected chi connectivity index (χ1v) is 12.7. The van der Waals surface area contributed by atoms with Gasteiger partial charge in [-0.05, 0) is 30.3 Å². The first-order valence-electron chi connectivity index (χ1n) is 9.77. The molecule has 0 bridgehead atoms. The molecule has 1 fully saturated rings. The zero-order valence-corrected chi connectivity index (χ0v) is 19.4. The van der Waals surface area contributed by atoms with Crippen LogP contribution in [0.2, 0.25) is 5.02 Å². The second-order valence-corrected chi connectivity index (χ2v) is 10.6. The molecule has 1 saturated heterocycles. The number of thioether (sulfide) groups is 1. The van der Waals surface area contributed by atoms with Gasteiger partial charge in [-0.25, -0.2) is 4.39 Å². The van der Waals surface area contributed by atoms with Crippen LogP contribution in [0.1, 0.15) is 17.9 Å². The number of hydrogen-bond acceptors (Lipinski definition) is 6. The number of hydrogen-bond donors (Lipinski definition) is 0. The summed E-state index contributed by atoms with van der Waals surface area (Å²) in [7, 11) is -3.97. The van der Waals surface area contributed by atoms with E-state index in [1.54, 1.807) is 30.0 Å². The van der Waals surface area contributed by atoms with Gasteiger partial charge in [0.1, 0.15) is 5.82 Å². The van der Waals surface area contributed by atoms with Gasteiger partial charge in [0.25, 0.3) is 5.89 Å². The van der Waals surface area contributed by atoms with E-state index in [0.29, 0.717) is 35.3 Å². The van der Waals surface area contributed by atoms with Crippen LogP contribution in [0.15, 0.2) is 46.9 Å². The van der Waals surface area contributed by atoms with Crippen molar-refractivity contribution in [1.29, 1.82) is 0 Å². The molecular formula is C20H18ClF3N4O3S2. The summed E-state index contributed by atoms with van der Waals surface area (Å²) in [6, 6.07) is 10.1. The van der Waals surface area contributed by atoms with Crippen LogP contribution in [0.4, 0.5) is 18.9 Å². The second kappa shape index (κ2) is 9.92. The highest BCUT2D eigenvalue weighted by Crippen LogP contribution is 2.30. The lowest BCUT2D eigenvalue weighted by atomic mass is 10.1. The molecule has 176 valence electrons. The lowest BCUT2D eigenvalue weighted by molar-refractivity contribution is 0.116. The van der Waals surface area contributed by atoms with E-state index in [9.17, 15) is 21.6 Å². The van der Waals surface area contributed by atoms with Crippen LogP contribution in [0.5, 0.6) is 0 Å². The topological polar surface area (TPSA) is 79.5 Å². The van der Waals surface area contributed by atoms with Crippen LogP contribution in [0.3, 0.4) is 0 Å². The van der Waals surface area contributed by atoms with Crippen LogP contribution in [0, 0.1) is 5.82 Å². The number of rotatable bonds is 7. The quantitative estimate of drug-likeness (QED) is 0.448. The molecular weight excluding hydrogens is 501 g/mol. The van der Waals surface area contributed by atoms with E-state index in [-0.39, 0.29) is 23.6 Å². The Morgan fingerprint density at radius 2 is 1.91 bits per heavy atom. The first kappa shape index (κ1) is 23.9. The van der Waals surface area contributed by atoms with Gasteiger partial charge in [0.15, 0.2) is 0 Å². The minimum absolute atomic E-state index is 0.0716. The third-order valence-corrected chi connectivity index (χ3v) is 8.00. The molecule has 1 aliphatic rings. The Morgan fingerprint density at radius 3 is 2.55 bits per heavy atom. The molecule has 0 radical (unpaired) electrons. The van der Waals surface area contributed by atoms with E-state index >= 15 is 0 Å². The summed E-state index contributed by atoms with van der Waals surface area (Å²) in [6.45, 7) is 0.384. The molecule has 0 saturated carbocycles. The zero-order valence-electron chi connectivity index (χ0n) is 17.0. The number of alkyl halides is 2. The maximum absolute atomic E-state index is 15.0. The number of benzene rings is 2. The minimum Gasteiger partial charge on any atom is -0.415 e. The van der Waals surface area contributed by atoms with Crippen molar-refractivity contribution in [2.75, 3.05) is 28.9 Å². The Morgan fingerprint density at radius 1 is 1.15 bits per heavy atom. The molecule has 2 aromatic carbocycles. The molecule has 2 heterocycles. The number of anilines is 1. The molecule has 1 aliphatic heterocycles. The Bertz CT molecular complexity index is 1240. The molecule has 0 spiro atoms. The van der Waals surface area contributed by atoms with E-state index < -0.39 is 28.3 Å². The fourth-order valence-corrected chi connectivity index (χ4v) is 6.18. The smallest absolute Gasteiger partial charge is 0.314 e. The van der Waals surface area contributed by atoms with Gasteiger partial charge < -0.3 is 4.42 Å². The van der Waals surface area contributed by atoms with Crippen molar-refractivity contribution in [1.82, 2.24) is 14.5 Å². The molecule has 4 rings (SSSR count). The van der Waals surface area contributed by atoms with Crippen LogP contribution < -0.4 is 4.31 Å². The monoisotopic (exact) mass is 518 g/mol. The Kier molecular flexibility index (Phi) is 7.17. The van der Waals surface area contributed by atoms with Gasteiger partial charge in [0.05, 0.1) is 12.2 Å². The second-order valence-electron chi connectivity index (χ2n) is 7.06. The van der Waals surface area contributed by atoms with Gasteiger partial charge in [-0.15, -0.1) is 10.2 Å². The van der Waals surface area contributed by atoms with Crippen LogP contribution in [0.25, 0.3) is 11.5 Å². The van der Waals surface area contributed by atoms with Crippen molar-refractivity contribution in [2.45, 2.75) is 13.0 Å². The molecule has 0 aliphatic carbocycles. The summed E-state index contributed by atoms with van der Waals surface area (Å²) in [5, 5.41) is 7.07. The maximum Gasteiger partial charge on any atom is 0.314 e. The third kappa shape index (κ3) is 5.29. The van der Waals surface area contributed by atoms with Crippen molar-refractivity contribution in [3.05, 3.63) is 64.8 Å². The number of aromatic nitrogens is 2. The third-order valence-electron chi connectivity index (χ3n) is 4.91. The summed E-state index contributed by atoms with van der Waals surface area (Å²) in [5.74, 6) is -0.554. The van der Waals surface area contributed by atoms with Crippen LogP contribution >= 0.6 is 23.4 Å². The van der Waals surface area contributed by atoms with Gasteiger partial charge in [-0.1, -0.05) is 23.7 Å². The van der Waals surface area contributed by atoms with E-state index in [1.807, 2.05) is 0 Å². The van der Waals surface area contributed by atoms with Gasteiger partial charge in [0.2, 0.25) is 5.89 Å². The highest BCUT2D eigenvalue weighted by molar-refractivity contribution is 7.99. The summed E-state index contributed by atoms with van der Waals surface area (Å²) < 4.78 is 74.6. The zero-order chi connectivity index (χ0) is 23.6. The highest BCUT2D eigenvalue weighted by atomic mass is 35.5. The van der Waals surface area contributed by atoms with Crippen molar-refractivity contribution in [3.63, 3.8) is 0 Å². The first-order chi connectivity index (χ1) is 15.8. The van der Waals surface area contributed by atoms with Crippen molar-refractivity contribution in [3.8, 4) is 11.5 Å². The summed E-state index contributed by atoms with van der Waals surface area (Å²) >= 11 is 7.74. The molecule has 13 heteroatoms. The average molecular weight is 519 g/mol. The lowest BCUT2D eigenvalue weighted by Gasteiger charge is -2.33. The molecule has 0 amide bonds. The van der Waals surface area contributed by atoms with Crippen molar-refractivity contribution in [2.24, 2.45) is 0 Å². The predicted octanol–water partition coefficient (Wildman–Crippen LogP) is 4.77. The van der Waals surface area contributed by atoms with E-state index in [0.717, 1.165) is 10.4 Å². The SMILES string of the molecule is O=S(=O)(N1CCSCC1)N(Cc1ccc(-c2nnc(C(F)F)o2)cc1F)c1cccc(Cl)c1. The number of halogens is 4. The lowest BCUT2D eigenvalue weighted by Crippen LogP contribution is -2.47. The largest absolute Gasteiger partial charge is 0.415 e. The summed E-state index contributed by atoms with van der Waals surface area (Å²) in [6.07, 6.45) is -2.94. The Hall–Kier alpha value is -2.28. The summed E-state index contributed by atoms with van der Waals surface area (Å²) in [5.41, 5.74) is 0.464. The Labute approximate surface area is 197 Å². The fraction of sp³-hybridized carbons (Fsp3) is 0.300. The summed E-state index contributed by atoms with van der Waals surface area (Å²) in [4.78, 5) is 0.